The molecule has 3 amide bonds. The Morgan fingerprint density at radius 1 is 0.912 bits per heavy atom. The molecule has 0 radical (unpaired) electrons. The summed E-state index contributed by atoms with van der Waals surface area (Å²) < 4.78 is 4.99. The van der Waals surface area contributed by atoms with Gasteiger partial charge >= 0.3 is 5.97 Å². The Balaban J connectivity index is 1.40. The second-order valence-electron chi connectivity index (χ2n) is 7.66. The number of nitrogens with zero attached hydrogens (tertiary/aromatic N) is 1. The van der Waals surface area contributed by atoms with Gasteiger partial charge in [0.1, 0.15) is 0 Å². The number of carbonyl (C=O) groups excluding carboxylic acids is 4. The quantitative estimate of drug-likeness (QED) is 0.138. The Kier molecular flexibility index (Phi) is 8.82. The number of esters is 1. The first-order chi connectivity index (χ1) is 16.1. The summed E-state index contributed by atoms with van der Waals surface area (Å²) in [6.45, 7) is 1.64. The van der Waals surface area contributed by atoms with Gasteiger partial charge in [0.15, 0.2) is 6.61 Å². The van der Waals surface area contributed by atoms with Crippen LogP contribution in [0.4, 0.5) is 5.69 Å². The van der Waals surface area contributed by atoms with Gasteiger partial charge in [-0.15, -0.1) is 0 Å². The van der Waals surface area contributed by atoms with Gasteiger partial charge in [-0.05, 0) is 37.5 Å². The van der Waals surface area contributed by atoms with Crippen LogP contribution in [0.25, 0.3) is 0 Å². The van der Waals surface area contributed by atoms with Crippen LogP contribution < -0.4 is 5.32 Å². The lowest BCUT2D eigenvalue weighted by atomic mass is 10.1. The molecule has 34 heavy (non-hydrogen) atoms. The van der Waals surface area contributed by atoms with Gasteiger partial charge < -0.3 is 10.1 Å². The third kappa shape index (κ3) is 5.84. The fourth-order valence-corrected chi connectivity index (χ4v) is 4.47. The summed E-state index contributed by atoms with van der Waals surface area (Å²) in [7, 11) is 0. The number of amides is 3. The molecule has 3 rings (SSSR count). The summed E-state index contributed by atoms with van der Waals surface area (Å²) >= 11 is 24.2. The van der Waals surface area contributed by atoms with E-state index in [2.05, 4.69) is 5.32 Å². The molecule has 1 aliphatic rings. The third-order valence-corrected chi connectivity index (χ3v) is 6.92. The average Bonchev–Trinajstić information content (AvgIpc) is 3.04. The molecule has 2 aromatic carbocycles. The summed E-state index contributed by atoms with van der Waals surface area (Å²) in [6, 6.07) is 7.26. The second-order valence-corrected chi connectivity index (χ2v) is 9.17. The molecule has 1 N–H and O–H groups in total. The van der Waals surface area contributed by atoms with Gasteiger partial charge in [-0.3, -0.25) is 24.1 Å². The number of rotatable bonds is 9. The highest BCUT2D eigenvalue weighted by atomic mass is 35.5. The molecular weight excluding hydrogens is 526 g/mol. The predicted octanol–water partition coefficient (Wildman–Crippen LogP) is 5.95. The molecule has 0 aromatic heterocycles. The molecule has 0 saturated carbocycles. The van der Waals surface area contributed by atoms with Crippen molar-refractivity contribution in [3.63, 3.8) is 0 Å². The van der Waals surface area contributed by atoms with E-state index in [1.807, 2.05) is 19.1 Å². The fraction of sp³-hybridized carbons (Fsp3) is 0.304. The van der Waals surface area contributed by atoms with Gasteiger partial charge in [0.2, 0.25) is 0 Å². The first kappa shape index (κ1) is 26.3. The monoisotopic (exact) mass is 544 g/mol. The Labute approximate surface area is 216 Å². The normalized spacial score (nSPS) is 12.7. The van der Waals surface area contributed by atoms with Gasteiger partial charge in [0.05, 0.1) is 31.2 Å². The zero-order valence-corrected chi connectivity index (χ0v) is 21.1. The van der Waals surface area contributed by atoms with E-state index in [-0.39, 0.29) is 50.8 Å². The minimum absolute atomic E-state index is 0.0569. The number of aryl methyl sites for hydroxylation is 1. The number of hydrogen-bond donors (Lipinski definition) is 1. The standard InChI is InChI=1S/C23H20Cl4N2O5/c1-12-6-5-7-13(10-12)28-14(30)11-34-15(31)8-3-2-4-9-29-22(32)16-17(23(29)33)19(25)21(27)20(26)18(16)24/h5-7,10H,2-4,8-9,11H2,1H3,(H,28,30). The highest BCUT2D eigenvalue weighted by Crippen LogP contribution is 2.44. The number of anilines is 1. The Morgan fingerprint density at radius 3 is 2.12 bits per heavy atom. The molecule has 0 bridgehead atoms. The maximum Gasteiger partial charge on any atom is 0.306 e. The zero-order valence-electron chi connectivity index (χ0n) is 18.1. The van der Waals surface area contributed by atoms with Crippen LogP contribution >= 0.6 is 46.4 Å². The minimum atomic E-state index is -0.593. The maximum atomic E-state index is 12.7. The minimum Gasteiger partial charge on any atom is -0.456 e. The van der Waals surface area contributed by atoms with E-state index in [4.69, 9.17) is 51.1 Å². The van der Waals surface area contributed by atoms with Crippen molar-refractivity contribution < 1.29 is 23.9 Å². The van der Waals surface area contributed by atoms with Crippen molar-refractivity contribution in [1.82, 2.24) is 4.90 Å². The van der Waals surface area contributed by atoms with Gasteiger partial charge in [-0.1, -0.05) is 65.0 Å². The summed E-state index contributed by atoms with van der Waals surface area (Å²) in [5.41, 5.74) is 1.51. The molecule has 7 nitrogen and oxygen atoms in total. The van der Waals surface area contributed by atoms with E-state index in [0.717, 1.165) is 10.5 Å². The van der Waals surface area contributed by atoms with Crippen molar-refractivity contribution in [2.45, 2.75) is 32.6 Å². The van der Waals surface area contributed by atoms with Crippen molar-refractivity contribution in [1.29, 1.82) is 0 Å². The maximum absolute atomic E-state index is 12.7. The molecule has 0 saturated heterocycles. The summed E-state index contributed by atoms with van der Waals surface area (Å²) in [5, 5.41) is 2.27. The second kappa shape index (κ2) is 11.4. The van der Waals surface area contributed by atoms with Crippen LogP contribution in [0.1, 0.15) is 52.0 Å². The SMILES string of the molecule is Cc1cccc(NC(=O)COC(=O)CCCCCN2C(=O)c3c(Cl)c(Cl)c(Cl)c(Cl)c3C2=O)c1. The smallest absolute Gasteiger partial charge is 0.306 e. The largest absolute Gasteiger partial charge is 0.456 e. The number of carbonyl (C=O) groups is 4. The number of fused-ring (bicyclic) bond motifs is 1. The van der Waals surface area contributed by atoms with Crippen LogP contribution in [0.5, 0.6) is 0 Å². The van der Waals surface area contributed by atoms with Crippen molar-refractivity contribution in [2.75, 3.05) is 18.5 Å². The molecule has 0 spiro atoms. The lowest BCUT2D eigenvalue weighted by Gasteiger charge is -2.13. The van der Waals surface area contributed by atoms with E-state index >= 15 is 0 Å². The van der Waals surface area contributed by atoms with Crippen LogP contribution in [-0.4, -0.2) is 41.7 Å². The lowest BCUT2D eigenvalue weighted by molar-refractivity contribution is -0.147. The molecule has 1 aliphatic heterocycles. The van der Waals surface area contributed by atoms with E-state index in [1.54, 1.807) is 12.1 Å². The highest BCUT2D eigenvalue weighted by Gasteiger charge is 2.41. The number of benzene rings is 2. The van der Waals surface area contributed by atoms with Gasteiger partial charge in [0, 0.05) is 18.7 Å². The number of ether oxygens (including phenoxy) is 1. The fourth-order valence-electron chi connectivity index (χ4n) is 3.45. The van der Waals surface area contributed by atoms with E-state index < -0.39 is 23.7 Å². The lowest BCUT2D eigenvalue weighted by Crippen LogP contribution is -2.30. The van der Waals surface area contributed by atoms with Crippen molar-refractivity contribution in [3.8, 4) is 0 Å². The summed E-state index contributed by atoms with van der Waals surface area (Å²) in [4.78, 5) is 50.1. The molecule has 1 heterocycles. The van der Waals surface area contributed by atoms with E-state index in [9.17, 15) is 19.2 Å². The van der Waals surface area contributed by atoms with Crippen molar-refractivity contribution >= 4 is 75.8 Å². The van der Waals surface area contributed by atoms with Crippen LogP contribution in [0, 0.1) is 6.92 Å². The highest BCUT2D eigenvalue weighted by molar-refractivity contribution is 6.55. The topological polar surface area (TPSA) is 92.8 Å². The average molecular weight is 546 g/mol. The van der Waals surface area contributed by atoms with Gasteiger partial charge in [-0.25, -0.2) is 0 Å². The van der Waals surface area contributed by atoms with Crippen molar-refractivity contribution in [3.05, 3.63) is 61.0 Å². The summed E-state index contributed by atoms with van der Waals surface area (Å²) in [5.74, 6) is -2.13. The number of imide groups is 1. The van der Waals surface area contributed by atoms with Crippen LogP contribution in [0.2, 0.25) is 20.1 Å². The molecule has 180 valence electrons. The molecular formula is C23H20Cl4N2O5. The summed E-state index contributed by atoms with van der Waals surface area (Å²) in [6.07, 6.45) is 1.55. The van der Waals surface area contributed by atoms with Gasteiger partial charge in [0.25, 0.3) is 17.7 Å². The number of nitrogens with one attached hydrogen (secondary N) is 1. The molecule has 0 atom stereocenters. The Hall–Kier alpha value is -2.32. The molecule has 0 aliphatic carbocycles. The number of hydrogen-bond acceptors (Lipinski definition) is 5. The zero-order chi connectivity index (χ0) is 25.0. The first-order valence-corrected chi connectivity index (χ1v) is 11.9. The molecule has 0 fully saturated rings. The predicted molar refractivity (Wildman–Crippen MR) is 131 cm³/mol. The van der Waals surface area contributed by atoms with Crippen LogP contribution in [0.15, 0.2) is 24.3 Å². The molecule has 0 unspecified atom stereocenters. The Morgan fingerprint density at radius 2 is 1.53 bits per heavy atom. The van der Waals surface area contributed by atoms with E-state index in [1.165, 1.54) is 0 Å². The molecule has 2 aromatic rings. The third-order valence-electron chi connectivity index (χ3n) is 5.11. The van der Waals surface area contributed by atoms with E-state index in [0.29, 0.717) is 24.9 Å². The van der Waals surface area contributed by atoms with Crippen LogP contribution in [-0.2, 0) is 14.3 Å². The Bertz CT molecular complexity index is 1120. The van der Waals surface area contributed by atoms with Crippen molar-refractivity contribution in [2.24, 2.45) is 0 Å². The van der Waals surface area contributed by atoms with Crippen LogP contribution in [0.3, 0.4) is 0 Å². The number of unbranched alkanes of at least 4 members (excludes halogenated alkanes) is 2. The van der Waals surface area contributed by atoms with Gasteiger partial charge in [-0.2, -0.15) is 0 Å². The first-order valence-electron chi connectivity index (χ1n) is 10.4. The molecule has 11 heteroatoms. The number of halogens is 4.